The Bertz CT molecular complexity index is 473. The molecule has 110 valence electrons. The number of anilines is 1. The van der Waals surface area contributed by atoms with Gasteiger partial charge in [0.2, 0.25) is 0 Å². The van der Waals surface area contributed by atoms with E-state index in [9.17, 15) is 4.79 Å². The van der Waals surface area contributed by atoms with Crippen molar-refractivity contribution >= 4 is 34.9 Å². The van der Waals surface area contributed by atoms with Crippen molar-refractivity contribution in [2.24, 2.45) is 0 Å². The van der Waals surface area contributed by atoms with Crippen LogP contribution in [0.3, 0.4) is 0 Å². The Hall–Kier alpha value is -1.13. The van der Waals surface area contributed by atoms with Crippen molar-refractivity contribution in [2.45, 2.75) is 13.3 Å². The summed E-state index contributed by atoms with van der Waals surface area (Å²) in [6, 6.07) is 5.47. The van der Waals surface area contributed by atoms with Crippen LogP contribution in [0.5, 0.6) is 0 Å². The van der Waals surface area contributed by atoms with Crippen LogP contribution in [0.15, 0.2) is 18.2 Å². The molecular formula is C14H19Cl2N3O. The molecule has 0 saturated carbocycles. The van der Waals surface area contributed by atoms with Gasteiger partial charge in [0, 0.05) is 37.7 Å². The Kier molecular flexibility index (Phi) is 5.38. The molecule has 0 radical (unpaired) electrons. The molecule has 1 heterocycles. The second-order valence-electron chi connectivity index (χ2n) is 4.80. The van der Waals surface area contributed by atoms with E-state index in [4.69, 9.17) is 23.2 Å². The highest BCUT2D eigenvalue weighted by molar-refractivity contribution is 6.35. The number of carbonyl (C=O) groups excluding carboxylic acids is 1. The Morgan fingerprint density at radius 3 is 2.60 bits per heavy atom. The van der Waals surface area contributed by atoms with Gasteiger partial charge < -0.3 is 15.1 Å². The highest BCUT2D eigenvalue weighted by Crippen LogP contribution is 2.29. The number of piperazine rings is 1. The summed E-state index contributed by atoms with van der Waals surface area (Å²) in [7, 11) is 0. The number of hydrogen-bond donors (Lipinski definition) is 1. The molecule has 1 aliphatic heterocycles. The first-order valence-corrected chi connectivity index (χ1v) is 7.60. The third-order valence-corrected chi connectivity index (χ3v) is 3.90. The van der Waals surface area contributed by atoms with Gasteiger partial charge in [-0.3, -0.25) is 0 Å². The highest BCUT2D eigenvalue weighted by atomic mass is 35.5. The summed E-state index contributed by atoms with van der Waals surface area (Å²) in [4.78, 5) is 15.9. The van der Waals surface area contributed by atoms with Gasteiger partial charge in [-0.1, -0.05) is 30.1 Å². The lowest BCUT2D eigenvalue weighted by atomic mass is 10.2. The first-order chi connectivity index (χ1) is 9.61. The molecule has 1 aromatic rings. The van der Waals surface area contributed by atoms with Crippen molar-refractivity contribution in [3.8, 4) is 0 Å². The van der Waals surface area contributed by atoms with Gasteiger partial charge in [0.1, 0.15) is 0 Å². The fourth-order valence-electron chi connectivity index (χ4n) is 2.22. The SMILES string of the molecule is CCCNC(=O)N1CCN(c2cc(Cl)ccc2Cl)CC1. The van der Waals surface area contributed by atoms with Crippen LogP contribution in [-0.4, -0.2) is 43.7 Å². The maximum absolute atomic E-state index is 11.9. The number of carbonyl (C=O) groups is 1. The molecule has 0 unspecified atom stereocenters. The zero-order chi connectivity index (χ0) is 14.5. The van der Waals surface area contributed by atoms with Crippen molar-refractivity contribution in [3.05, 3.63) is 28.2 Å². The number of hydrogen-bond acceptors (Lipinski definition) is 2. The van der Waals surface area contributed by atoms with Gasteiger partial charge in [-0.15, -0.1) is 0 Å². The van der Waals surface area contributed by atoms with Crippen LogP contribution < -0.4 is 10.2 Å². The van der Waals surface area contributed by atoms with E-state index in [-0.39, 0.29) is 6.03 Å². The van der Waals surface area contributed by atoms with Crippen molar-refractivity contribution in [1.29, 1.82) is 0 Å². The molecule has 1 N–H and O–H groups in total. The maximum Gasteiger partial charge on any atom is 0.317 e. The van der Waals surface area contributed by atoms with E-state index >= 15 is 0 Å². The van der Waals surface area contributed by atoms with Gasteiger partial charge in [0.25, 0.3) is 0 Å². The first-order valence-electron chi connectivity index (χ1n) is 6.84. The lowest BCUT2D eigenvalue weighted by molar-refractivity contribution is 0.194. The van der Waals surface area contributed by atoms with E-state index in [1.165, 1.54) is 0 Å². The second-order valence-corrected chi connectivity index (χ2v) is 5.65. The number of rotatable bonds is 3. The number of urea groups is 1. The summed E-state index contributed by atoms with van der Waals surface area (Å²) in [6.07, 6.45) is 0.948. The predicted molar refractivity (Wildman–Crippen MR) is 83.9 cm³/mol. The molecule has 1 aromatic carbocycles. The molecule has 1 aliphatic rings. The fourth-order valence-corrected chi connectivity index (χ4v) is 2.63. The Morgan fingerprint density at radius 1 is 1.25 bits per heavy atom. The normalized spacial score (nSPS) is 15.3. The average Bonchev–Trinajstić information content (AvgIpc) is 2.47. The molecule has 6 heteroatoms. The number of amides is 2. The Morgan fingerprint density at radius 2 is 1.95 bits per heavy atom. The average molecular weight is 316 g/mol. The van der Waals surface area contributed by atoms with Gasteiger partial charge in [0.15, 0.2) is 0 Å². The van der Waals surface area contributed by atoms with Crippen molar-refractivity contribution in [1.82, 2.24) is 10.2 Å². The van der Waals surface area contributed by atoms with Crippen LogP contribution in [0.4, 0.5) is 10.5 Å². The van der Waals surface area contributed by atoms with Crippen molar-refractivity contribution in [2.75, 3.05) is 37.6 Å². The third-order valence-electron chi connectivity index (χ3n) is 3.34. The fraction of sp³-hybridized carbons (Fsp3) is 0.500. The van der Waals surface area contributed by atoms with E-state index in [0.717, 1.165) is 31.7 Å². The lowest BCUT2D eigenvalue weighted by Gasteiger charge is -2.36. The van der Waals surface area contributed by atoms with E-state index < -0.39 is 0 Å². The molecule has 1 saturated heterocycles. The summed E-state index contributed by atoms with van der Waals surface area (Å²) >= 11 is 12.2. The van der Waals surface area contributed by atoms with Gasteiger partial charge in [-0.2, -0.15) is 0 Å². The lowest BCUT2D eigenvalue weighted by Crippen LogP contribution is -2.52. The van der Waals surface area contributed by atoms with Crippen LogP contribution >= 0.6 is 23.2 Å². The largest absolute Gasteiger partial charge is 0.367 e. The second kappa shape index (κ2) is 7.04. The third kappa shape index (κ3) is 3.70. The van der Waals surface area contributed by atoms with Crippen LogP contribution in [0.1, 0.15) is 13.3 Å². The quantitative estimate of drug-likeness (QED) is 0.929. The summed E-state index contributed by atoms with van der Waals surface area (Å²) in [5.74, 6) is 0. The van der Waals surface area contributed by atoms with Gasteiger partial charge >= 0.3 is 6.03 Å². The summed E-state index contributed by atoms with van der Waals surface area (Å²) < 4.78 is 0. The van der Waals surface area contributed by atoms with Crippen LogP contribution in [0.25, 0.3) is 0 Å². The molecule has 4 nitrogen and oxygen atoms in total. The minimum Gasteiger partial charge on any atom is -0.367 e. The zero-order valence-electron chi connectivity index (χ0n) is 11.5. The molecule has 0 spiro atoms. The molecule has 2 rings (SSSR count). The molecular weight excluding hydrogens is 297 g/mol. The smallest absolute Gasteiger partial charge is 0.317 e. The minimum absolute atomic E-state index is 0.0173. The molecule has 20 heavy (non-hydrogen) atoms. The van der Waals surface area contributed by atoms with Gasteiger partial charge in [-0.05, 0) is 24.6 Å². The topological polar surface area (TPSA) is 35.6 Å². The number of benzene rings is 1. The van der Waals surface area contributed by atoms with Gasteiger partial charge in [-0.25, -0.2) is 4.79 Å². The molecule has 0 bridgehead atoms. The molecule has 0 aliphatic carbocycles. The molecule has 2 amide bonds. The van der Waals surface area contributed by atoms with E-state index in [1.54, 1.807) is 12.1 Å². The molecule has 1 fully saturated rings. The number of nitrogens with one attached hydrogen (secondary N) is 1. The standard InChI is InChI=1S/C14H19Cl2N3O/c1-2-5-17-14(20)19-8-6-18(7-9-19)13-10-11(15)3-4-12(13)16/h3-4,10H,2,5-9H2,1H3,(H,17,20). The van der Waals surface area contributed by atoms with Crippen molar-refractivity contribution in [3.63, 3.8) is 0 Å². The molecule has 0 aromatic heterocycles. The minimum atomic E-state index is 0.0173. The van der Waals surface area contributed by atoms with E-state index in [2.05, 4.69) is 10.2 Å². The first kappa shape index (κ1) is 15.3. The van der Waals surface area contributed by atoms with E-state index in [1.807, 2.05) is 17.9 Å². The van der Waals surface area contributed by atoms with Crippen LogP contribution in [0.2, 0.25) is 10.0 Å². The summed E-state index contributed by atoms with van der Waals surface area (Å²) in [6.45, 7) is 5.68. The monoisotopic (exact) mass is 315 g/mol. The number of halogens is 2. The summed E-state index contributed by atoms with van der Waals surface area (Å²) in [5.41, 5.74) is 0.938. The highest BCUT2D eigenvalue weighted by Gasteiger charge is 2.22. The molecule has 0 atom stereocenters. The number of nitrogens with zero attached hydrogens (tertiary/aromatic N) is 2. The van der Waals surface area contributed by atoms with Gasteiger partial charge in [0.05, 0.1) is 10.7 Å². The van der Waals surface area contributed by atoms with Crippen molar-refractivity contribution < 1.29 is 4.79 Å². The van der Waals surface area contributed by atoms with Crippen LogP contribution in [0, 0.1) is 0 Å². The summed E-state index contributed by atoms with van der Waals surface area (Å²) in [5, 5.41) is 4.26. The van der Waals surface area contributed by atoms with Crippen LogP contribution in [-0.2, 0) is 0 Å². The van der Waals surface area contributed by atoms with E-state index in [0.29, 0.717) is 23.1 Å². The maximum atomic E-state index is 11.9. The Labute approximate surface area is 129 Å². The zero-order valence-corrected chi connectivity index (χ0v) is 13.0. The predicted octanol–water partition coefficient (Wildman–Crippen LogP) is 3.24. The Balaban J connectivity index is 1.94.